The summed E-state index contributed by atoms with van der Waals surface area (Å²) in [6.07, 6.45) is -24.3. The molecule has 0 spiro atoms. The molecule has 2 aromatic rings. The Morgan fingerprint density at radius 2 is 0.950 bits per heavy atom. The van der Waals surface area contributed by atoms with E-state index in [-0.39, 0.29) is 21.2 Å². The summed E-state index contributed by atoms with van der Waals surface area (Å²) in [5.41, 5.74) is -0.665. The molecule has 0 aliphatic carbocycles. The Kier molecular flexibility index (Phi) is 11.8. The smallest absolute Gasteiger partial charge is 0.336 e. The monoisotopic (exact) mass is 575 g/mol. The molecule has 2 aromatic carbocycles. The van der Waals surface area contributed by atoms with Gasteiger partial charge in [0.2, 0.25) is 0 Å². The second-order valence-electron chi connectivity index (χ2n) is 8.99. The summed E-state index contributed by atoms with van der Waals surface area (Å²) in [5.74, 6) is -2.79. The maximum absolute atomic E-state index is 13.7. The zero-order valence-electron chi connectivity index (χ0n) is 20.7. The Labute approximate surface area is 226 Å². The number of hydrogen-bond donors (Lipinski definition) is 13. The maximum atomic E-state index is 13.7. The van der Waals surface area contributed by atoms with Crippen LogP contribution in [0.3, 0.4) is 0 Å². The minimum Gasteiger partial charge on any atom is -0.478 e. The Morgan fingerprint density at radius 1 is 0.575 bits per heavy atom. The summed E-state index contributed by atoms with van der Waals surface area (Å²) in [4.78, 5) is 25.2. The predicted octanol–water partition coefficient (Wildman–Crippen LogP) is -5.51. The van der Waals surface area contributed by atoms with E-state index in [0.717, 1.165) is 12.1 Å². The number of aliphatic hydroxyl groups excluding tert-OH is 12. The van der Waals surface area contributed by atoms with E-state index in [0.29, 0.717) is 0 Å². The molecule has 0 bridgehead atoms. The summed E-state index contributed by atoms with van der Waals surface area (Å²) in [7, 11) is 0. The molecule has 2 unspecified atom stereocenters. The van der Waals surface area contributed by atoms with Crippen LogP contribution in [0.15, 0.2) is 36.4 Å². The molecule has 0 aliphatic heterocycles. The third kappa shape index (κ3) is 6.89. The molecule has 0 aliphatic rings. The first kappa shape index (κ1) is 33.4. The molecule has 0 fully saturated rings. The second kappa shape index (κ2) is 14.2. The van der Waals surface area contributed by atoms with Crippen LogP contribution in [0.25, 0.3) is 10.8 Å². The van der Waals surface area contributed by atoms with E-state index in [4.69, 9.17) is 10.2 Å². The highest BCUT2D eigenvalue weighted by Gasteiger charge is 2.45. The van der Waals surface area contributed by atoms with E-state index in [1.165, 1.54) is 24.3 Å². The standard InChI is InChI=1S/C24H33NO15/c26-7-13(28)15(30)17(32)19(34)22(37)25(23(38)20(35)18(33)16(31)14(29)8-27)21(36)11-5-6-12(24(39)40)10-4-2-1-3-9(10)11/h1-6,13-20,22-23,26-35,37-38H,7-8H2,(H,39,40)/t13-,14-,15-,16-,17+,18+,19-,20-,22?,23?/m1/s1. The van der Waals surface area contributed by atoms with Gasteiger partial charge in [-0.3, -0.25) is 9.69 Å². The van der Waals surface area contributed by atoms with Gasteiger partial charge in [0.15, 0.2) is 12.5 Å². The quantitative estimate of drug-likeness (QED) is 0.0935. The first-order valence-corrected chi connectivity index (χ1v) is 11.8. The Balaban J connectivity index is 2.63. The molecular formula is C24H33NO15. The molecule has 16 nitrogen and oxygen atoms in total. The highest BCUT2D eigenvalue weighted by atomic mass is 16.4. The normalized spacial score (nSPS) is 19.5. The van der Waals surface area contributed by atoms with Gasteiger partial charge in [-0.05, 0) is 22.9 Å². The Hall–Kier alpha value is -2.84. The van der Waals surface area contributed by atoms with Crippen LogP contribution < -0.4 is 0 Å². The van der Waals surface area contributed by atoms with Crippen LogP contribution in [0.5, 0.6) is 0 Å². The SMILES string of the molecule is O=C(O)c1ccc(C(=O)N(C(O)[C@H](O)[C@@H](O)[C@H](O)[C@H](O)CO)C(O)[C@H](O)[C@@H](O)[C@H](O)[C@H](O)CO)c2ccccc12. The van der Waals surface area contributed by atoms with Crippen molar-refractivity contribution in [2.75, 3.05) is 13.2 Å². The lowest BCUT2D eigenvalue weighted by molar-refractivity contribution is -0.213. The van der Waals surface area contributed by atoms with Gasteiger partial charge in [-0.2, -0.15) is 0 Å². The molecule has 2 rings (SSSR count). The molecule has 0 aromatic heterocycles. The van der Waals surface area contributed by atoms with Gasteiger partial charge in [-0.15, -0.1) is 0 Å². The third-order valence-electron chi connectivity index (χ3n) is 6.36. The number of carbonyl (C=O) groups excluding carboxylic acids is 1. The number of benzene rings is 2. The number of aromatic carboxylic acids is 1. The molecule has 0 saturated carbocycles. The van der Waals surface area contributed by atoms with Crippen molar-refractivity contribution in [2.24, 2.45) is 0 Å². The molecule has 13 N–H and O–H groups in total. The van der Waals surface area contributed by atoms with Crippen molar-refractivity contribution in [3.05, 3.63) is 47.5 Å². The lowest BCUT2D eigenvalue weighted by Crippen LogP contribution is -2.63. The number of carbonyl (C=O) groups is 2. The van der Waals surface area contributed by atoms with Gasteiger partial charge in [0.05, 0.1) is 18.8 Å². The zero-order valence-corrected chi connectivity index (χ0v) is 20.7. The van der Waals surface area contributed by atoms with Crippen molar-refractivity contribution in [3.8, 4) is 0 Å². The van der Waals surface area contributed by atoms with Gasteiger partial charge in [0.1, 0.15) is 48.8 Å². The molecular weight excluding hydrogens is 542 g/mol. The summed E-state index contributed by atoms with van der Waals surface area (Å²) < 4.78 is 0. The van der Waals surface area contributed by atoms with Crippen LogP contribution in [0, 0.1) is 0 Å². The number of rotatable bonds is 14. The highest BCUT2D eigenvalue weighted by molar-refractivity contribution is 6.12. The summed E-state index contributed by atoms with van der Waals surface area (Å²) >= 11 is 0. The predicted molar refractivity (Wildman–Crippen MR) is 131 cm³/mol. The lowest BCUT2D eigenvalue weighted by Gasteiger charge is -2.40. The van der Waals surface area contributed by atoms with Gasteiger partial charge >= 0.3 is 5.97 Å². The van der Waals surface area contributed by atoms with Crippen LogP contribution in [0.2, 0.25) is 0 Å². The van der Waals surface area contributed by atoms with E-state index in [1.54, 1.807) is 0 Å². The summed E-state index contributed by atoms with van der Waals surface area (Å²) in [5, 5.41) is 130. The molecule has 224 valence electrons. The van der Waals surface area contributed by atoms with Gasteiger partial charge < -0.3 is 66.4 Å². The fourth-order valence-electron chi connectivity index (χ4n) is 3.96. The van der Waals surface area contributed by atoms with Crippen LogP contribution >= 0.6 is 0 Å². The van der Waals surface area contributed by atoms with Crippen molar-refractivity contribution in [3.63, 3.8) is 0 Å². The van der Waals surface area contributed by atoms with Crippen LogP contribution in [-0.2, 0) is 0 Å². The minimum atomic E-state index is -2.74. The molecule has 1 amide bonds. The zero-order chi connectivity index (χ0) is 30.5. The van der Waals surface area contributed by atoms with Crippen molar-refractivity contribution in [1.82, 2.24) is 4.90 Å². The molecule has 40 heavy (non-hydrogen) atoms. The number of carboxylic acids is 1. The van der Waals surface area contributed by atoms with Gasteiger partial charge in [-0.1, -0.05) is 24.3 Å². The summed E-state index contributed by atoms with van der Waals surface area (Å²) in [6, 6.07) is 7.48. The fraction of sp³-hybridized carbons (Fsp3) is 0.500. The minimum absolute atomic E-state index is 0.0222. The first-order valence-electron chi connectivity index (χ1n) is 11.8. The van der Waals surface area contributed by atoms with Crippen molar-refractivity contribution >= 4 is 22.6 Å². The van der Waals surface area contributed by atoms with E-state index in [2.05, 4.69) is 0 Å². The van der Waals surface area contributed by atoms with Gasteiger partial charge in [0, 0.05) is 5.56 Å². The first-order chi connectivity index (χ1) is 18.7. The lowest BCUT2D eigenvalue weighted by atomic mass is 9.96. The van der Waals surface area contributed by atoms with Gasteiger partial charge in [-0.25, -0.2) is 4.79 Å². The number of fused-ring (bicyclic) bond motifs is 1. The average molecular weight is 576 g/mol. The fourth-order valence-corrected chi connectivity index (χ4v) is 3.96. The number of carboxylic acid groups (broad SMARTS) is 1. The average Bonchev–Trinajstić information content (AvgIpc) is 2.96. The van der Waals surface area contributed by atoms with Crippen LogP contribution in [0.4, 0.5) is 0 Å². The van der Waals surface area contributed by atoms with Gasteiger partial charge in [0.25, 0.3) is 5.91 Å². The highest BCUT2D eigenvalue weighted by Crippen LogP contribution is 2.27. The number of aliphatic hydroxyl groups is 12. The van der Waals surface area contributed by atoms with Crippen LogP contribution in [0.1, 0.15) is 20.7 Å². The number of nitrogens with zero attached hydrogens (tertiary/aromatic N) is 1. The van der Waals surface area contributed by atoms with E-state index >= 15 is 0 Å². The molecule has 0 radical (unpaired) electrons. The summed E-state index contributed by atoms with van der Waals surface area (Å²) in [6.45, 7) is -2.19. The van der Waals surface area contributed by atoms with E-state index in [1.807, 2.05) is 0 Å². The second-order valence-corrected chi connectivity index (χ2v) is 8.99. The molecule has 10 atom stereocenters. The molecule has 0 heterocycles. The maximum Gasteiger partial charge on any atom is 0.336 e. The van der Waals surface area contributed by atoms with Crippen molar-refractivity contribution < 1.29 is 76.0 Å². The van der Waals surface area contributed by atoms with E-state index < -0.39 is 91.9 Å². The number of amides is 1. The third-order valence-corrected chi connectivity index (χ3v) is 6.36. The topological polar surface area (TPSA) is 300 Å². The largest absolute Gasteiger partial charge is 0.478 e. The number of hydrogen-bond acceptors (Lipinski definition) is 14. The Bertz CT molecular complexity index is 1110. The van der Waals surface area contributed by atoms with Crippen LogP contribution in [-0.4, -0.2) is 158 Å². The van der Waals surface area contributed by atoms with E-state index in [9.17, 15) is 65.8 Å². The van der Waals surface area contributed by atoms with Crippen molar-refractivity contribution in [2.45, 2.75) is 61.3 Å². The van der Waals surface area contributed by atoms with Crippen molar-refractivity contribution in [1.29, 1.82) is 0 Å². The molecule has 16 heteroatoms. The Morgan fingerprint density at radius 3 is 1.32 bits per heavy atom. The molecule has 0 saturated heterocycles.